The van der Waals surface area contributed by atoms with Gasteiger partial charge in [-0.25, -0.2) is 22.0 Å². The quantitative estimate of drug-likeness (QED) is 0.272. The van der Waals surface area contributed by atoms with Crippen molar-refractivity contribution in [3.63, 3.8) is 0 Å². The van der Waals surface area contributed by atoms with Gasteiger partial charge in [0.2, 0.25) is 0 Å². The smallest absolute Gasteiger partial charge is 0.194 e. The number of benzene rings is 2. The van der Waals surface area contributed by atoms with Gasteiger partial charge in [-0.2, -0.15) is 0 Å². The largest absolute Gasteiger partial charge is 0.207 e. The van der Waals surface area contributed by atoms with Gasteiger partial charge in [-0.1, -0.05) is 25.5 Å². The molecule has 30 heavy (non-hydrogen) atoms. The fourth-order valence-electron chi connectivity index (χ4n) is 5.54. The van der Waals surface area contributed by atoms with E-state index >= 15 is 0 Å². The highest BCUT2D eigenvalue weighted by atomic mass is 19.2. The molecule has 4 atom stereocenters. The first-order chi connectivity index (χ1) is 14.4. The van der Waals surface area contributed by atoms with Crippen LogP contribution < -0.4 is 0 Å². The third-order valence-electron chi connectivity index (χ3n) is 6.80. The van der Waals surface area contributed by atoms with Crippen molar-refractivity contribution in [2.24, 2.45) is 11.8 Å². The molecule has 0 bridgehead atoms. The molecule has 160 valence electrons. The molecule has 2 aliphatic carbocycles. The van der Waals surface area contributed by atoms with Crippen LogP contribution in [0.2, 0.25) is 0 Å². The molecule has 0 saturated heterocycles. The molecule has 1 saturated carbocycles. The molecule has 0 spiro atoms. The van der Waals surface area contributed by atoms with Crippen molar-refractivity contribution < 1.29 is 22.0 Å². The summed E-state index contributed by atoms with van der Waals surface area (Å²) in [4.78, 5) is 0. The van der Waals surface area contributed by atoms with E-state index in [-0.39, 0.29) is 23.7 Å². The van der Waals surface area contributed by atoms with Crippen molar-refractivity contribution >= 4 is 0 Å². The Hall–Kier alpha value is -2.17. The predicted octanol–water partition coefficient (Wildman–Crippen LogP) is 7.58. The van der Waals surface area contributed by atoms with Gasteiger partial charge in [-0.15, -0.1) is 0 Å². The lowest BCUT2D eigenvalue weighted by atomic mass is 9.58. The Morgan fingerprint density at radius 1 is 0.900 bits per heavy atom. The molecule has 0 heterocycles. The van der Waals surface area contributed by atoms with E-state index in [1.165, 1.54) is 6.07 Å². The first kappa shape index (κ1) is 21.1. The van der Waals surface area contributed by atoms with Crippen LogP contribution in [-0.4, -0.2) is 0 Å². The van der Waals surface area contributed by atoms with Gasteiger partial charge in [-0.3, -0.25) is 0 Å². The van der Waals surface area contributed by atoms with Crippen molar-refractivity contribution in [3.8, 4) is 0 Å². The molecule has 0 aliphatic heterocycles. The maximum absolute atomic E-state index is 14.4. The van der Waals surface area contributed by atoms with E-state index in [0.717, 1.165) is 43.9 Å². The van der Waals surface area contributed by atoms with Gasteiger partial charge >= 0.3 is 0 Å². The summed E-state index contributed by atoms with van der Waals surface area (Å²) >= 11 is 0. The van der Waals surface area contributed by atoms with Crippen LogP contribution in [0.15, 0.2) is 36.4 Å². The standard InChI is InChI=1S/C25H25F5/c1-2-3-4-5-14-6-7-17-19(9-8-18-20(17)12-16(26)13-21(18)27)24(14)15-10-22(28)25(30)23(29)11-15/h4-5,10-14,17,19,24H,2-3,6-9H2,1H3/b5-4+/t14-,17-,19+,24-/m1/s1. The lowest BCUT2D eigenvalue weighted by Crippen LogP contribution is -2.35. The summed E-state index contributed by atoms with van der Waals surface area (Å²) in [5, 5.41) is 0. The van der Waals surface area contributed by atoms with Crippen molar-refractivity contribution in [1.29, 1.82) is 0 Å². The monoisotopic (exact) mass is 420 g/mol. The highest BCUT2D eigenvalue weighted by molar-refractivity contribution is 5.38. The minimum absolute atomic E-state index is 0.0204. The van der Waals surface area contributed by atoms with Crippen LogP contribution in [0, 0.1) is 40.9 Å². The molecule has 2 aromatic rings. The van der Waals surface area contributed by atoms with Gasteiger partial charge in [0.25, 0.3) is 0 Å². The van der Waals surface area contributed by atoms with Gasteiger partial charge in [0.15, 0.2) is 17.5 Å². The van der Waals surface area contributed by atoms with E-state index < -0.39 is 29.1 Å². The molecular formula is C25H25F5. The number of rotatable bonds is 4. The third-order valence-corrected chi connectivity index (χ3v) is 6.80. The summed E-state index contributed by atoms with van der Waals surface area (Å²) in [5.74, 6) is -5.29. The van der Waals surface area contributed by atoms with Crippen LogP contribution in [0.4, 0.5) is 22.0 Å². The Morgan fingerprint density at radius 2 is 1.63 bits per heavy atom. The maximum atomic E-state index is 14.4. The molecule has 0 N–H and O–H groups in total. The van der Waals surface area contributed by atoms with Crippen molar-refractivity contribution in [1.82, 2.24) is 0 Å². The Kier molecular flexibility index (Phi) is 5.99. The first-order valence-electron chi connectivity index (χ1n) is 10.7. The molecule has 2 aliphatic rings. The number of hydrogen-bond acceptors (Lipinski definition) is 0. The third kappa shape index (κ3) is 3.79. The highest BCUT2D eigenvalue weighted by Gasteiger charge is 2.43. The number of unbranched alkanes of at least 4 members (excludes halogenated alkanes) is 1. The van der Waals surface area contributed by atoms with E-state index in [1.807, 2.05) is 0 Å². The number of fused-ring (bicyclic) bond motifs is 3. The van der Waals surface area contributed by atoms with Crippen molar-refractivity contribution in [3.05, 3.63) is 82.2 Å². The zero-order valence-electron chi connectivity index (χ0n) is 16.9. The van der Waals surface area contributed by atoms with E-state index in [1.54, 1.807) is 0 Å². The Bertz CT molecular complexity index is 941. The SMILES string of the molecule is CCC/C=C/[C@@H]1CC[C@H]2c3cc(F)cc(F)c3CC[C@@H]2[C@H]1c1cc(F)c(F)c(F)c1. The maximum Gasteiger partial charge on any atom is 0.194 e. The summed E-state index contributed by atoms with van der Waals surface area (Å²) < 4.78 is 70.1. The van der Waals surface area contributed by atoms with Gasteiger partial charge in [0.1, 0.15) is 11.6 Å². The van der Waals surface area contributed by atoms with Crippen LogP contribution in [0.25, 0.3) is 0 Å². The van der Waals surface area contributed by atoms with Gasteiger partial charge in [-0.05, 0) is 90.7 Å². The lowest BCUT2D eigenvalue weighted by molar-refractivity contribution is 0.193. The average Bonchev–Trinajstić information content (AvgIpc) is 2.71. The zero-order valence-corrected chi connectivity index (χ0v) is 16.9. The molecule has 0 radical (unpaired) electrons. The Balaban J connectivity index is 1.78. The second kappa shape index (κ2) is 8.52. The Morgan fingerprint density at radius 3 is 2.33 bits per heavy atom. The van der Waals surface area contributed by atoms with Gasteiger partial charge in [0, 0.05) is 6.07 Å². The van der Waals surface area contributed by atoms with E-state index in [0.29, 0.717) is 29.5 Å². The van der Waals surface area contributed by atoms with Crippen molar-refractivity contribution in [2.45, 2.75) is 57.3 Å². The molecule has 0 nitrogen and oxygen atoms in total. The molecule has 4 rings (SSSR count). The zero-order chi connectivity index (χ0) is 21.4. The first-order valence-corrected chi connectivity index (χ1v) is 10.7. The van der Waals surface area contributed by atoms with Gasteiger partial charge in [0.05, 0.1) is 0 Å². The summed E-state index contributed by atoms with van der Waals surface area (Å²) in [7, 11) is 0. The number of halogens is 5. The fraction of sp³-hybridized carbons (Fsp3) is 0.440. The van der Waals surface area contributed by atoms with Crippen LogP contribution >= 0.6 is 0 Å². The topological polar surface area (TPSA) is 0 Å². The van der Waals surface area contributed by atoms with Crippen LogP contribution in [0.5, 0.6) is 0 Å². The highest BCUT2D eigenvalue weighted by Crippen LogP contribution is 2.54. The molecular weight excluding hydrogens is 395 g/mol. The molecule has 0 amide bonds. The Labute approximate surface area is 173 Å². The van der Waals surface area contributed by atoms with E-state index in [9.17, 15) is 22.0 Å². The normalized spacial score (nSPS) is 25.9. The number of hydrogen-bond donors (Lipinski definition) is 0. The summed E-state index contributed by atoms with van der Waals surface area (Å²) in [6.45, 7) is 2.07. The fourth-order valence-corrected chi connectivity index (χ4v) is 5.54. The molecule has 2 aromatic carbocycles. The summed E-state index contributed by atoms with van der Waals surface area (Å²) in [6.07, 6.45) is 8.68. The average molecular weight is 420 g/mol. The minimum atomic E-state index is -1.47. The van der Waals surface area contributed by atoms with Crippen LogP contribution in [-0.2, 0) is 6.42 Å². The van der Waals surface area contributed by atoms with Crippen molar-refractivity contribution in [2.75, 3.05) is 0 Å². The molecule has 1 fully saturated rings. The molecule has 0 unspecified atom stereocenters. The molecule has 0 aromatic heterocycles. The second-order valence-electron chi connectivity index (χ2n) is 8.55. The predicted molar refractivity (Wildman–Crippen MR) is 107 cm³/mol. The minimum Gasteiger partial charge on any atom is -0.207 e. The lowest BCUT2D eigenvalue weighted by Gasteiger charge is -2.46. The van der Waals surface area contributed by atoms with E-state index in [2.05, 4.69) is 19.1 Å². The summed E-state index contributed by atoms with van der Waals surface area (Å²) in [5.41, 5.74) is 1.65. The summed E-state index contributed by atoms with van der Waals surface area (Å²) in [6, 6.07) is 4.51. The van der Waals surface area contributed by atoms with Gasteiger partial charge < -0.3 is 0 Å². The van der Waals surface area contributed by atoms with E-state index in [4.69, 9.17) is 0 Å². The second-order valence-corrected chi connectivity index (χ2v) is 8.55. The van der Waals surface area contributed by atoms with Crippen LogP contribution in [0.1, 0.15) is 67.6 Å². The van der Waals surface area contributed by atoms with Crippen LogP contribution in [0.3, 0.4) is 0 Å². The number of allylic oxidation sites excluding steroid dienone is 2. The molecule has 5 heteroatoms.